The third-order valence-electron chi connectivity index (χ3n) is 1.56. The molecule has 0 atom stereocenters. The lowest BCUT2D eigenvalue weighted by Gasteiger charge is -1.89. The van der Waals surface area contributed by atoms with Gasteiger partial charge in [0.1, 0.15) is 5.75 Å². The Morgan fingerprint density at radius 1 is 1.15 bits per heavy atom. The van der Waals surface area contributed by atoms with E-state index in [1.807, 2.05) is 0 Å². The Morgan fingerprint density at radius 2 is 1.69 bits per heavy atom. The lowest BCUT2D eigenvalue weighted by molar-refractivity contribution is 0.475. The SMILES string of the molecule is CCCCC.Oc1ccccc1Cl. The summed E-state index contributed by atoms with van der Waals surface area (Å²) in [7, 11) is 0. The fraction of sp³-hybridized carbons (Fsp3) is 0.455. The van der Waals surface area contributed by atoms with Crippen molar-refractivity contribution in [2.24, 2.45) is 0 Å². The van der Waals surface area contributed by atoms with E-state index in [1.54, 1.807) is 24.3 Å². The maximum Gasteiger partial charge on any atom is 0.134 e. The van der Waals surface area contributed by atoms with Gasteiger partial charge in [0.2, 0.25) is 0 Å². The van der Waals surface area contributed by atoms with E-state index in [9.17, 15) is 0 Å². The molecule has 1 N–H and O–H groups in total. The van der Waals surface area contributed by atoms with Crippen LogP contribution in [0.5, 0.6) is 5.75 Å². The minimum atomic E-state index is 0.133. The van der Waals surface area contributed by atoms with Gasteiger partial charge in [-0.3, -0.25) is 0 Å². The molecular weight excluding hydrogens is 184 g/mol. The van der Waals surface area contributed by atoms with E-state index in [-0.39, 0.29) is 5.75 Å². The summed E-state index contributed by atoms with van der Waals surface area (Å²) in [5, 5.41) is 9.18. The highest BCUT2D eigenvalue weighted by Crippen LogP contribution is 2.20. The molecule has 0 amide bonds. The molecule has 13 heavy (non-hydrogen) atoms. The predicted octanol–water partition coefficient (Wildman–Crippen LogP) is 4.24. The Kier molecular flexibility index (Phi) is 7.51. The molecule has 0 saturated carbocycles. The fourth-order valence-electron chi connectivity index (χ4n) is 0.805. The van der Waals surface area contributed by atoms with Gasteiger partial charge < -0.3 is 5.11 Å². The molecule has 1 aromatic carbocycles. The average Bonchev–Trinajstić information content (AvgIpc) is 2.13. The van der Waals surface area contributed by atoms with Crippen molar-refractivity contribution in [2.75, 3.05) is 0 Å². The van der Waals surface area contributed by atoms with Crippen LogP contribution < -0.4 is 0 Å². The van der Waals surface area contributed by atoms with Crippen LogP contribution in [0, 0.1) is 0 Å². The maximum absolute atomic E-state index is 8.79. The van der Waals surface area contributed by atoms with E-state index >= 15 is 0 Å². The summed E-state index contributed by atoms with van der Waals surface area (Å²) in [5.41, 5.74) is 0. The second-order valence-electron chi connectivity index (χ2n) is 2.80. The van der Waals surface area contributed by atoms with Crippen LogP contribution in [0.4, 0.5) is 0 Å². The number of benzene rings is 1. The zero-order valence-electron chi connectivity index (χ0n) is 8.26. The van der Waals surface area contributed by atoms with Crippen molar-refractivity contribution in [3.8, 4) is 5.75 Å². The van der Waals surface area contributed by atoms with Crippen molar-refractivity contribution < 1.29 is 5.11 Å². The molecule has 0 spiro atoms. The van der Waals surface area contributed by atoms with Gasteiger partial charge in [0.25, 0.3) is 0 Å². The molecule has 0 bridgehead atoms. The van der Waals surface area contributed by atoms with Crippen LogP contribution in [0.1, 0.15) is 33.1 Å². The highest BCUT2D eigenvalue weighted by atomic mass is 35.5. The first-order valence-electron chi connectivity index (χ1n) is 4.65. The smallest absolute Gasteiger partial charge is 0.134 e. The highest BCUT2D eigenvalue weighted by Gasteiger charge is 1.89. The van der Waals surface area contributed by atoms with Crippen molar-refractivity contribution in [3.63, 3.8) is 0 Å². The molecular formula is C11H17ClO. The number of aromatic hydroxyl groups is 1. The number of phenols is 1. The molecule has 0 aromatic heterocycles. The summed E-state index contributed by atoms with van der Waals surface area (Å²) >= 11 is 5.46. The molecule has 1 nitrogen and oxygen atoms in total. The minimum absolute atomic E-state index is 0.133. The Bertz CT molecular complexity index is 200. The van der Waals surface area contributed by atoms with E-state index in [4.69, 9.17) is 16.7 Å². The molecule has 0 saturated heterocycles. The van der Waals surface area contributed by atoms with Crippen LogP contribution in [0.15, 0.2) is 24.3 Å². The third kappa shape index (κ3) is 6.47. The number of phenolic OH excluding ortho intramolecular Hbond substituents is 1. The van der Waals surface area contributed by atoms with Crippen molar-refractivity contribution >= 4 is 11.6 Å². The molecule has 0 fully saturated rings. The first-order chi connectivity index (χ1) is 6.22. The van der Waals surface area contributed by atoms with E-state index in [0.717, 1.165) is 0 Å². The van der Waals surface area contributed by atoms with Gasteiger partial charge in [0.15, 0.2) is 0 Å². The highest BCUT2D eigenvalue weighted by molar-refractivity contribution is 6.31. The van der Waals surface area contributed by atoms with Crippen LogP contribution in [-0.2, 0) is 0 Å². The van der Waals surface area contributed by atoms with Gasteiger partial charge in [0, 0.05) is 0 Å². The molecule has 2 heteroatoms. The van der Waals surface area contributed by atoms with Gasteiger partial charge in [-0.15, -0.1) is 0 Å². The number of rotatable bonds is 2. The average molecular weight is 201 g/mol. The summed E-state index contributed by atoms with van der Waals surface area (Å²) in [6.45, 7) is 4.42. The zero-order chi connectivity index (χ0) is 10.1. The van der Waals surface area contributed by atoms with E-state index in [1.165, 1.54) is 19.3 Å². The van der Waals surface area contributed by atoms with Gasteiger partial charge in [-0.25, -0.2) is 0 Å². The standard InChI is InChI=1S/C6H5ClO.C5H12/c7-5-3-1-2-4-6(5)8;1-3-5-4-2/h1-4,8H;3-5H2,1-2H3. The lowest BCUT2D eigenvalue weighted by Crippen LogP contribution is -1.62. The quantitative estimate of drug-likeness (QED) is 0.757. The Labute approximate surface area is 85.4 Å². The summed E-state index contributed by atoms with van der Waals surface area (Å²) in [5.74, 6) is 0.133. The summed E-state index contributed by atoms with van der Waals surface area (Å²) in [6, 6.07) is 6.67. The number of hydrogen-bond acceptors (Lipinski definition) is 1. The molecule has 0 radical (unpaired) electrons. The summed E-state index contributed by atoms with van der Waals surface area (Å²) in [4.78, 5) is 0. The summed E-state index contributed by atoms with van der Waals surface area (Å²) in [6.07, 6.45) is 4.08. The van der Waals surface area contributed by atoms with E-state index < -0.39 is 0 Å². The van der Waals surface area contributed by atoms with Crippen LogP contribution >= 0.6 is 11.6 Å². The molecule has 74 valence electrons. The molecule has 0 aliphatic rings. The van der Waals surface area contributed by atoms with Gasteiger partial charge in [-0.2, -0.15) is 0 Å². The first kappa shape index (κ1) is 12.3. The van der Waals surface area contributed by atoms with Gasteiger partial charge in [-0.1, -0.05) is 56.8 Å². The molecule has 1 aromatic rings. The van der Waals surface area contributed by atoms with Crippen LogP contribution in [0.2, 0.25) is 5.02 Å². The largest absolute Gasteiger partial charge is 0.506 e. The van der Waals surface area contributed by atoms with E-state index in [2.05, 4.69) is 13.8 Å². The van der Waals surface area contributed by atoms with Crippen LogP contribution in [-0.4, -0.2) is 5.11 Å². The predicted molar refractivity (Wildman–Crippen MR) is 58.3 cm³/mol. The van der Waals surface area contributed by atoms with Gasteiger partial charge in [0.05, 0.1) is 5.02 Å². The lowest BCUT2D eigenvalue weighted by atomic mass is 10.3. The second kappa shape index (κ2) is 7.93. The second-order valence-corrected chi connectivity index (χ2v) is 3.21. The zero-order valence-corrected chi connectivity index (χ0v) is 9.01. The topological polar surface area (TPSA) is 20.2 Å². The number of hydrogen-bond donors (Lipinski definition) is 1. The minimum Gasteiger partial charge on any atom is -0.506 e. The van der Waals surface area contributed by atoms with Gasteiger partial charge >= 0.3 is 0 Å². The molecule has 0 aliphatic heterocycles. The number of para-hydroxylation sites is 1. The number of unbranched alkanes of at least 4 members (excludes halogenated alkanes) is 2. The van der Waals surface area contributed by atoms with Crippen molar-refractivity contribution in [2.45, 2.75) is 33.1 Å². The molecule has 0 unspecified atom stereocenters. The number of halogens is 1. The van der Waals surface area contributed by atoms with Crippen molar-refractivity contribution in [1.82, 2.24) is 0 Å². The van der Waals surface area contributed by atoms with Crippen LogP contribution in [0.3, 0.4) is 0 Å². The monoisotopic (exact) mass is 200 g/mol. The van der Waals surface area contributed by atoms with Crippen molar-refractivity contribution in [3.05, 3.63) is 29.3 Å². The normalized spacial score (nSPS) is 8.85. The van der Waals surface area contributed by atoms with Crippen molar-refractivity contribution in [1.29, 1.82) is 0 Å². The first-order valence-corrected chi connectivity index (χ1v) is 5.03. The van der Waals surface area contributed by atoms with Crippen LogP contribution in [0.25, 0.3) is 0 Å². The fourth-order valence-corrected chi connectivity index (χ4v) is 0.941. The Morgan fingerprint density at radius 3 is 1.92 bits per heavy atom. The molecule has 1 rings (SSSR count). The Hall–Kier alpha value is -0.690. The maximum atomic E-state index is 8.79. The Balaban J connectivity index is 0.000000252. The third-order valence-corrected chi connectivity index (χ3v) is 1.88. The van der Waals surface area contributed by atoms with Gasteiger partial charge in [-0.05, 0) is 12.1 Å². The summed E-state index contributed by atoms with van der Waals surface area (Å²) < 4.78 is 0. The molecule has 0 aliphatic carbocycles. The van der Waals surface area contributed by atoms with E-state index in [0.29, 0.717) is 5.02 Å². The molecule has 0 heterocycles.